The van der Waals surface area contributed by atoms with Crippen LogP contribution in [0.3, 0.4) is 0 Å². The van der Waals surface area contributed by atoms with E-state index in [1.54, 1.807) is 37.1 Å². The van der Waals surface area contributed by atoms with Crippen molar-refractivity contribution in [2.45, 2.75) is 19.8 Å². The molecular formula is C13H18N6O. The maximum Gasteiger partial charge on any atom is 0.271 e. The van der Waals surface area contributed by atoms with Crippen molar-refractivity contribution < 1.29 is 4.79 Å². The summed E-state index contributed by atoms with van der Waals surface area (Å²) in [6.07, 6.45) is 1.70. The number of hydrogen-bond donors (Lipinski definition) is 2. The predicted molar refractivity (Wildman–Crippen MR) is 76.2 cm³/mol. The Morgan fingerprint density at radius 2 is 2.05 bits per heavy atom. The van der Waals surface area contributed by atoms with Crippen LogP contribution in [0, 0.1) is 0 Å². The first-order chi connectivity index (χ1) is 9.55. The van der Waals surface area contributed by atoms with Gasteiger partial charge in [0, 0.05) is 32.3 Å². The molecule has 0 fully saturated rings. The number of rotatable bonds is 4. The fourth-order valence-corrected chi connectivity index (χ4v) is 1.66. The number of anilines is 1. The quantitative estimate of drug-likeness (QED) is 0.874. The van der Waals surface area contributed by atoms with Crippen LogP contribution in [0.4, 0.5) is 5.82 Å². The molecule has 2 aromatic heterocycles. The van der Waals surface area contributed by atoms with Crippen molar-refractivity contribution in [3.63, 3.8) is 0 Å². The molecule has 0 saturated heterocycles. The fourth-order valence-electron chi connectivity index (χ4n) is 1.66. The molecule has 0 atom stereocenters. The highest BCUT2D eigenvalue weighted by atomic mass is 16.1. The van der Waals surface area contributed by atoms with Crippen molar-refractivity contribution in [1.82, 2.24) is 25.1 Å². The fraction of sp³-hybridized carbons (Fsp3) is 0.385. The van der Waals surface area contributed by atoms with Gasteiger partial charge in [0.15, 0.2) is 11.5 Å². The molecule has 2 rings (SSSR count). The van der Waals surface area contributed by atoms with Crippen molar-refractivity contribution in [2.24, 2.45) is 0 Å². The summed E-state index contributed by atoms with van der Waals surface area (Å²) < 4.78 is 1.57. The lowest BCUT2D eigenvalue weighted by Crippen LogP contribution is -2.18. The summed E-state index contributed by atoms with van der Waals surface area (Å²) in [7, 11) is 3.37. The summed E-state index contributed by atoms with van der Waals surface area (Å²) in [5.74, 6) is 2.05. The van der Waals surface area contributed by atoms with E-state index in [4.69, 9.17) is 0 Å². The summed E-state index contributed by atoms with van der Waals surface area (Å²) in [4.78, 5) is 20.4. The number of nitrogens with zero attached hydrogens (tertiary/aromatic N) is 4. The zero-order valence-electron chi connectivity index (χ0n) is 12.0. The number of carbonyl (C=O) groups is 1. The molecule has 0 aliphatic carbocycles. The average Bonchev–Trinajstić information content (AvgIpc) is 2.95. The second kappa shape index (κ2) is 5.68. The molecule has 2 aromatic rings. The van der Waals surface area contributed by atoms with Gasteiger partial charge in [0.1, 0.15) is 11.6 Å². The summed E-state index contributed by atoms with van der Waals surface area (Å²) in [5.41, 5.74) is 0.350. The van der Waals surface area contributed by atoms with Crippen LogP contribution in [0.15, 0.2) is 18.3 Å². The zero-order valence-corrected chi connectivity index (χ0v) is 12.0. The van der Waals surface area contributed by atoms with Crippen molar-refractivity contribution >= 4 is 11.7 Å². The maximum atomic E-state index is 11.5. The first kappa shape index (κ1) is 14.0. The molecule has 20 heavy (non-hydrogen) atoms. The van der Waals surface area contributed by atoms with Gasteiger partial charge in [0.2, 0.25) is 0 Å². The molecule has 7 nitrogen and oxygen atoms in total. The van der Waals surface area contributed by atoms with Gasteiger partial charge in [-0.1, -0.05) is 13.8 Å². The molecule has 2 N–H and O–H groups in total. The number of aromatic nitrogens is 4. The van der Waals surface area contributed by atoms with E-state index in [-0.39, 0.29) is 11.8 Å². The Bertz CT molecular complexity index is 619. The standard InChI is InChI=1S/C13H18N6O/c1-8(2)12-16-10(14-3)7-11(17-12)19-6-5-9(18-19)13(20)15-4/h5-8H,1-4H3,(H,15,20)(H,14,16,17). The highest BCUT2D eigenvalue weighted by Crippen LogP contribution is 2.16. The third-order valence-electron chi connectivity index (χ3n) is 2.79. The van der Waals surface area contributed by atoms with Crippen LogP contribution in [-0.4, -0.2) is 39.8 Å². The summed E-state index contributed by atoms with van der Waals surface area (Å²) in [5, 5.41) is 9.75. The van der Waals surface area contributed by atoms with Crippen LogP contribution in [0.1, 0.15) is 36.1 Å². The van der Waals surface area contributed by atoms with Crippen LogP contribution < -0.4 is 10.6 Å². The monoisotopic (exact) mass is 274 g/mol. The predicted octanol–water partition coefficient (Wildman–Crippen LogP) is 1.19. The molecule has 0 spiro atoms. The lowest BCUT2D eigenvalue weighted by atomic mass is 10.2. The van der Waals surface area contributed by atoms with E-state index < -0.39 is 0 Å². The molecule has 0 unspecified atom stereocenters. The number of amides is 1. The van der Waals surface area contributed by atoms with E-state index in [1.807, 2.05) is 13.8 Å². The van der Waals surface area contributed by atoms with Gasteiger partial charge in [-0.3, -0.25) is 4.79 Å². The topological polar surface area (TPSA) is 84.7 Å². The SMILES string of the molecule is CNC(=O)c1ccn(-c2cc(NC)nc(C(C)C)n2)n1. The highest BCUT2D eigenvalue weighted by molar-refractivity contribution is 5.91. The van der Waals surface area contributed by atoms with E-state index in [0.29, 0.717) is 11.5 Å². The molecule has 2 heterocycles. The molecule has 0 radical (unpaired) electrons. The van der Waals surface area contributed by atoms with Gasteiger partial charge >= 0.3 is 0 Å². The molecule has 0 aliphatic rings. The maximum absolute atomic E-state index is 11.5. The number of carbonyl (C=O) groups excluding carboxylic acids is 1. The van der Waals surface area contributed by atoms with Crippen LogP contribution >= 0.6 is 0 Å². The van der Waals surface area contributed by atoms with Crippen LogP contribution in [0.2, 0.25) is 0 Å². The summed E-state index contributed by atoms with van der Waals surface area (Å²) in [6, 6.07) is 3.43. The normalized spacial score (nSPS) is 10.7. The average molecular weight is 274 g/mol. The van der Waals surface area contributed by atoms with Gasteiger partial charge in [-0.05, 0) is 6.07 Å². The van der Waals surface area contributed by atoms with Gasteiger partial charge in [0.25, 0.3) is 5.91 Å². The van der Waals surface area contributed by atoms with Crippen molar-refractivity contribution in [2.75, 3.05) is 19.4 Å². The minimum atomic E-state index is -0.226. The third-order valence-corrected chi connectivity index (χ3v) is 2.79. The van der Waals surface area contributed by atoms with E-state index in [9.17, 15) is 4.79 Å². The van der Waals surface area contributed by atoms with E-state index >= 15 is 0 Å². The number of nitrogens with one attached hydrogen (secondary N) is 2. The first-order valence-electron chi connectivity index (χ1n) is 6.40. The Morgan fingerprint density at radius 3 is 2.65 bits per heavy atom. The Balaban J connectivity index is 2.43. The molecule has 0 aromatic carbocycles. The molecular weight excluding hydrogens is 256 g/mol. The van der Waals surface area contributed by atoms with Gasteiger partial charge in [0.05, 0.1) is 0 Å². The van der Waals surface area contributed by atoms with Crippen LogP contribution in [0.25, 0.3) is 5.82 Å². The minimum Gasteiger partial charge on any atom is -0.373 e. The van der Waals surface area contributed by atoms with Crippen LogP contribution in [-0.2, 0) is 0 Å². The second-order valence-corrected chi connectivity index (χ2v) is 4.60. The molecule has 7 heteroatoms. The lowest BCUT2D eigenvalue weighted by Gasteiger charge is -2.09. The summed E-state index contributed by atoms with van der Waals surface area (Å²) in [6.45, 7) is 4.05. The van der Waals surface area contributed by atoms with E-state index in [2.05, 4.69) is 25.7 Å². The molecule has 0 bridgehead atoms. The molecule has 106 valence electrons. The number of hydrogen-bond acceptors (Lipinski definition) is 5. The smallest absolute Gasteiger partial charge is 0.271 e. The zero-order chi connectivity index (χ0) is 14.7. The van der Waals surface area contributed by atoms with E-state index in [0.717, 1.165) is 11.6 Å². The second-order valence-electron chi connectivity index (χ2n) is 4.60. The largest absolute Gasteiger partial charge is 0.373 e. The van der Waals surface area contributed by atoms with E-state index in [1.165, 1.54) is 0 Å². The van der Waals surface area contributed by atoms with Gasteiger partial charge in [-0.25, -0.2) is 14.6 Å². The highest BCUT2D eigenvalue weighted by Gasteiger charge is 2.12. The Kier molecular flexibility index (Phi) is 3.97. The van der Waals surface area contributed by atoms with Crippen molar-refractivity contribution in [3.05, 3.63) is 29.8 Å². The summed E-state index contributed by atoms with van der Waals surface area (Å²) >= 11 is 0. The molecule has 0 aliphatic heterocycles. The Labute approximate surface area is 117 Å². The minimum absolute atomic E-state index is 0.205. The van der Waals surface area contributed by atoms with Gasteiger partial charge < -0.3 is 10.6 Å². The van der Waals surface area contributed by atoms with Gasteiger partial charge in [-0.15, -0.1) is 0 Å². The molecule has 1 amide bonds. The third kappa shape index (κ3) is 2.76. The molecule has 0 saturated carbocycles. The lowest BCUT2D eigenvalue weighted by molar-refractivity contribution is 0.0957. The van der Waals surface area contributed by atoms with Crippen LogP contribution in [0.5, 0.6) is 0 Å². The van der Waals surface area contributed by atoms with Gasteiger partial charge in [-0.2, -0.15) is 5.10 Å². The first-order valence-corrected chi connectivity index (χ1v) is 6.40. The van der Waals surface area contributed by atoms with Crippen molar-refractivity contribution in [3.8, 4) is 5.82 Å². The Hall–Kier alpha value is -2.44. The van der Waals surface area contributed by atoms with Crippen molar-refractivity contribution in [1.29, 1.82) is 0 Å². The Morgan fingerprint density at radius 1 is 1.30 bits per heavy atom.